The molecule has 0 aliphatic heterocycles. The fraction of sp³-hybridized carbons (Fsp3) is 0.500. The second-order valence-corrected chi connectivity index (χ2v) is 5.39. The van der Waals surface area contributed by atoms with Crippen LogP contribution in [-0.4, -0.2) is 30.8 Å². The molecule has 2 N–H and O–H groups in total. The minimum atomic E-state index is 0. The van der Waals surface area contributed by atoms with E-state index >= 15 is 0 Å². The summed E-state index contributed by atoms with van der Waals surface area (Å²) in [5, 5.41) is 6.55. The molecule has 0 aromatic heterocycles. The van der Waals surface area contributed by atoms with Gasteiger partial charge in [-0.3, -0.25) is 4.99 Å². The lowest BCUT2D eigenvalue weighted by Crippen LogP contribution is -2.41. The molecule has 19 heavy (non-hydrogen) atoms. The molecule has 0 aliphatic rings. The fourth-order valence-electron chi connectivity index (χ4n) is 1.43. The third kappa shape index (κ3) is 9.15. The first-order valence-corrected chi connectivity index (χ1v) is 7.43. The van der Waals surface area contributed by atoms with Gasteiger partial charge in [0, 0.05) is 23.2 Å². The molecule has 3 nitrogen and oxygen atoms in total. The van der Waals surface area contributed by atoms with Crippen molar-refractivity contribution in [2.75, 3.05) is 18.8 Å². The molecule has 0 spiro atoms. The van der Waals surface area contributed by atoms with Crippen LogP contribution in [0.1, 0.15) is 20.8 Å². The average Bonchev–Trinajstić information content (AvgIpc) is 2.35. The van der Waals surface area contributed by atoms with Crippen molar-refractivity contribution in [3.8, 4) is 0 Å². The molecule has 0 saturated carbocycles. The van der Waals surface area contributed by atoms with Crippen molar-refractivity contribution in [1.29, 1.82) is 0 Å². The van der Waals surface area contributed by atoms with Gasteiger partial charge in [0.15, 0.2) is 5.96 Å². The van der Waals surface area contributed by atoms with Gasteiger partial charge in [0.25, 0.3) is 0 Å². The third-order valence-electron chi connectivity index (χ3n) is 2.14. The van der Waals surface area contributed by atoms with E-state index in [9.17, 15) is 0 Å². The van der Waals surface area contributed by atoms with E-state index in [1.165, 1.54) is 4.90 Å². The number of benzene rings is 1. The van der Waals surface area contributed by atoms with Crippen LogP contribution in [0.3, 0.4) is 0 Å². The van der Waals surface area contributed by atoms with E-state index in [0.717, 1.165) is 24.8 Å². The summed E-state index contributed by atoms with van der Waals surface area (Å²) in [5.74, 6) is 1.90. The van der Waals surface area contributed by atoms with Crippen LogP contribution in [0.4, 0.5) is 0 Å². The number of hydrogen-bond donors (Lipinski definition) is 2. The Bertz CT molecular complexity index is 355. The predicted molar refractivity (Wildman–Crippen MR) is 96.8 cm³/mol. The van der Waals surface area contributed by atoms with Gasteiger partial charge in [-0.05, 0) is 32.9 Å². The van der Waals surface area contributed by atoms with Crippen molar-refractivity contribution >= 4 is 41.7 Å². The second-order valence-electron chi connectivity index (χ2n) is 4.22. The second kappa shape index (κ2) is 11.4. The van der Waals surface area contributed by atoms with E-state index in [-0.39, 0.29) is 24.0 Å². The molecule has 5 heteroatoms. The molecule has 1 aromatic rings. The highest BCUT2D eigenvalue weighted by Gasteiger charge is 1.98. The number of hydrogen-bond acceptors (Lipinski definition) is 2. The van der Waals surface area contributed by atoms with Crippen molar-refractivity contribution in [2.45, 2.75) is 31.7 Å². The molecular weight excluding hydrogens is 369 g/mol. The predicted octanol–water partition coefficient (Wildman–Crippen LogP) is 3.36. The lowest BCUT2D eigenvalue weighted by Gasteiger charge is -2.13. The van der Waals surface area contributed by atoms with Gasteiger partial charge in [-0.25, -0.2) is 0 Å². The molecule has 0 bridgehead atoms. The molecule has 0 atom stereocenters. The lowest BCUT2D eigenvalue weighted by atomic mass is 10.4. The van der Waals surface area contributed by atoms with Crippen LogP contribution < -0.4 is 10.6 Å². The minimum Gasteiger partial charge on any atom is -0.357 e. The quantitative estimate of drug-likeness (QED) is 0.256. The fourth-order valence-corrected chi connectivity index (χ4v) is 2.20. The molecule has 0 amide bonds. The molecule has 0 heterocycles. The normalized spacial score (nSPS) is 11.1. The largest absolute Gasteiger partial charge is 0.357 e. The van der Waals surface area contributed by atoms with Crippen LogP contribution in [0.15, 0.2) is 40.2 Å². The van der Waals surface area contributed by atoms with E-state index in [1.54, 1.807) is 0 Å². The SMILES string of the molecule is CCNC(=NCCSc1ccccc1)NC(C)C.I. The molecular formula is C14H24IN3S. The maximum Gasteiger partial charge on any atom is 0.191 e. The first-order valence-electron chi connectivity index (χ1n) is 6.45. The van der Waals surface area contributed by atoms with Crippen LogP contribution in [0.2, 0.25) is 0 Å². The zero-order valence-corrected chi connectivity index (χ0v) is 15.0. The van der Waals surface area contributed by atoms with Crippen molar-refractivity contribution < 1.29 is 0 Å². The summed E-state index contributed by atoms with van der Waals surface area (Å²) in [6, 6.07) is 10.8. The Labute approximate surface area is 138 Å². The molecule has 1 rings (SSSR count). The van der Waals surface area contributed by atoms with E-state index in [0.29, 0.717) is 6.04 Å². The number of rotatable bonds is 6. The number of thioether (sulfide) groups is 1. The monoisotopic (exact) mass is 393 g/mol. The minimum absolute atomic E-state index is 0. The topological polar surface area (TPSA) is 36.4 Å². The molecule has 1 aromatic carbocycles. The Kier molecular flexibility index (Phi) is 11.1. The standard InChI is InChI=1S/C14H23N3S.HI/c1-4-15-14(17-12(2)3)16-10-11-18-13-8-6-5-7-9-13;/h5-9,12H,4,10-11H2,1-3H3,(H2,15,16,17);1H. The summed E-state index contributed by atoms with van der Waals surface area (Å²) in [4.78, 5) is 5.84. The van der Waals surface area contributed by atoms with E-state index in [1.807, 2.05) is 17.8 Å². The van der Waals surface area contributed by atoms with E-state index < -0.39 is 0 Å². The van der Waals surface area contributed by atoms with Gasteiger partial charge in [-0.15, -0.1) is 35.7 Å². The third-order valence-corrected chi connectivity index (χ3v) is 3.13. The highest BCUT2D eigenvalue weighted by Crippen LogP contribution is 2.16. The highest BCUT2D eigenvalue weighted by molar-refractivity contribution is 14.0. The summed E-state index contributed by atoms with van der Waals surface area (Å²) in [5.41, 5.74) is 0. The van der Waals surface area contributed by atoms with Crippen LogP contribution in [0.5, 0.6) is 0 Å². The summed E-state index contributed by atoms with van der Waals surface area (Å²) in [7, 11) is 0. The van der Waals surface area contributed by atoms with E-state index in [4.69, 9.17) is 0 Å². The van der Waals surface area contributed by atoms with Gasteiger partial charge in [-0.1, -0.05) is 18.2 Å². The molecule has 0 radical (unpaired) electrons. The Morgan fingerprint density at radius 2 is 1.95 bits per heavy atom. The van der Waals surface area contributed by atoms with E-state index in [2.05, 4.69) is 60.7 Å². The number of guanidine groups is 1. The van der Waals surface area contributed by atoms with Gasteiger partial charge in [-0.2, -0.15) is 0 Å². The Morgan fingerprint density at radius 1 is 1.26 bits per heavy atom. The van der Waals surface area contributed by atoms with Gasteiger partial charge in [0.1, 0.15) is 0 Å². The zero-order valence-electron chi connectivity index (χ0n) is 11.8. The Morgan fingerprint density at radius 3 is 2.53 bits per heavy atom. The summed E-state index contributed by atoms with van der Waals surface area (Å²) in [6.07, 6.45) is 0. The molecule has 0 saturated heterocycles. The number of nitrogens with one attached hydrogen (secondary N) is 2. The van der Waals surface area contributed by atoms with Gasteiger partial charge in [0.05, 0.1) is 6.54 Å². The highest BCUT2D eigenvalue weighted by atomic mass is 127. The zero-order chi connectivity index (χ0) is 13.2. The van der Waals surface area contributed by atoms with Crippen molar-refractivity contribution in [2.24, 2.45) is 4.99 Å². The number of nitrogens with zero attached hydrogens (tertiary/aromatic N) is 1. The smallest absolute Gasteiger partial charge is 0.191 e. The molecule has 108 valence electrons. The summed E-state index contributed by atoms with van der Waals surface area (Å²) >= 11 is 1.84. The van der Waals surface area contributed by atoms with Crippen molar-refractivity contribution in [3.63, 3.8) is 0 Å². The maximum absolute atomic E-state index is 4.54. The summed E-state index contributed by atoms with van der Waals surface area (Å²) < 4.78 is 0. The van der Waals surface area contributed by atoms with Crippen molar-refractivity contribution in [1.82, 2.24) is 10.6 Å². The van der Waals surface area contributed by atoms with Crippen LogP contribution in [0, 0.1) is 0 Å². The van der Waals surface area contributed by atoms with Crippen molar-refractivity contribution in [3.05, 3.63) is 30.3 Å². The first-order chi connectivity index (χ1) is 8.72. The number of aliphatic imine (C=N–C) groups is 1. The van der Waals surface area contributed by atoms with Gasteiger partial charge in [0.2, 0.25) is 0 Å². The van der Waals surface area contributed by atoms with Gasteiger partial charge < -0.3 is 10.6 Å². The molecule has 0 unspecified atom stereocenters. The van der Waals surface area contributed by atoms with Crippen LogP contribution >= 0.6 is 35.7 Å². The molecule has 0 fully saturated rings. The average molecular weight is 393 g/mol. The van der Waals surface area contributed by atoms with Crippen LogP contribution in [-0.2, 0) is 0 Å². The van der Waals surface area contributed by atoms with Crippen LogP contribution in [0.25, 0.3) is 0 Å². The molecule has 0 aliphatic carbocycles. The first kappa shape index (κ1) is 18.6. The Hall–Kier alpha value is -0.430. The lowest BCUT2D eigenvalue weighted by molar-refractivity contribution is 0.702. The van der Waals surface area contributed by atoms with Gasteiger partial charge >= 0.3 is 0 Å². The number of halogens is 1. The summed E-state index contributed by atoms with van der Waals surface area (Å²) in [6.45, 7) is 8.03. The Balaban J connectivity index is 0.00000324. The maximum atomic E-state index is 4.54.